The minimum absolute atomic E-state index is 0.0115. The lowest BCUT2D eigenvalue weighted by atomic mass is 10.1. The molecule has 142 heavy (non-hydrogen) atoms. The van der Waals surface area contributed by atoms with Crippen molar-refractivity contribution >= 4 is 146 Å². The molecule has 5 amide bonds. The van der Waals surface area contributed by atoms with E-state index in [0.29, 0.717) is 172 Å². The fourth-order valence-electron chi connectivity index (χ4n) is 18.6. The number of aliphatic hydroxyl groups is 3. The van der Waals surface area contributed by atoms with Crippen LogP contribution in [-0.2, 0) is 37.1 Å². The topological polar surface area (TPSA) is 469 Å². The van der Waals surface area contributed by atoms with Crippen molar-refractivity contribution in [2.75, 3.05) is 65.9 Å². The molecular formula is C104H116N30O8. The number of carbonyl (C=O) groups excluding carboxylic acids is 5. The number of amides is 5. The van der Waals surface area contributed by atoms with E-state index in [2.05, 4.69) is 162 Å². The highest BCUT2D eigenvalue weighted by molar-refractivity contribution is 6.06. The Morgan fingerprint density at radius 1 is 0.338 bits per heavy atom. The van der Waals surface area contributed by atoms with Crippen LogP contribution in [0.4, 0.5) is 58.2 Å². The summed E-state index contributed by atoms with van der Waals surface area (Å²) in [5.41, 5.74) is 16.7. The highest BCUT2D eigenvalue weighted by Gasteiger charge is 2.36. The van der Waals surface area contributed by atoms with Gasteiger partial charge in [0.15, 0.2) is 28.2 Å². The summed E-state index contributed by atoms with van der Waals surface area (Å²) in [6.07, 6.45) is 38.9. The number of rotatable bonds is 27. The summed E-state index contributed by atoms with van der Waals surface area (Å²) in [4.78, 5) is 86.5. The van der Waals surface area contributed by atoms with Gasteiger partial charge in [-0.3, -0.25) is 24.0 Å². The van der Waals surface area contributed by atoms with Crippen LogP contribution >= 0.6 is 0 Å². The van der Waals surface area contributed by atoms with Crippen LogP contribution in [0.15, 0.2) is 211 Å². The van der Waals surface area contributed by atoms with Gasteiger partial charge in [-0.25, -0.2) is 24.9 Å². The first-order valence-electron chi connectivity index (χ1n) is 49.1. The monoisotopic (exact) mass is 1910 g/mol. The van der Waals surface area contributed by atoms with Gasteiger partial charge in [0.1, 0.15) is 58.2 Å². The third kappa shape index (κ3) is 21.8. The van der Waals surface area contributed by atoms with Gasteiger partial charge in [-0.2, -0.15) is 48.1 Å². The quantitative estimate of drug-likeness (QED) is 0.0213. The third-order valence-corrected chi connectivity index (χ3v) is 26.8. The Morgan fingerprint density at radius 3 is 0.887 bits per heavy atom. The lowest BCUT2D eigenvalue weighted by Crippen LogP contribution is -2.33. The number of benzene rings is 2. The Kier molecular flexibility index (Phi) is 26.2. The minimum Gasteiger partial charge on any atom is -0.394 e. The summed E-state index contributed by atoms with van der Waals surface area (Å²) in [5.74, 6) is 7.66. The number of aliphatic hydroxyl groups excluding tert-OH is 3. The van der Waals surface area contributed by atoms with Crippen molar-refractivity contribution in [1.29, 1.82) is 0 Å². The van der Waals surface area contributed by atoms with Gasteiger partial charge in [0, 0.05) is 196 Å². The molecule has 0 radical (unpaired) electrons. The van der Waals surface area contributed by atoms with Crippen LogP contribution < -0.4 is 79.3 Å². The molecule has 13 aliphatic rings. The van der Waals surface area contributed by atoms with Gasteiger partial charge in [-0.1, -0.05) is 93.6 Å². The molecule has 0 spiro atoms. The predicted molar refractivity (Wildman–Crippen MR) is 547 cm³/mol. The van der Waals surface area contributed by atoms with E-state index in [4.69, 9.17) is 24.9 Å². The smallest absolute Gasteiger partial charge is 0.251 e. The average Bonchev–Trinajstić information content (AvgIpc) is 1.63. The first-order valence-corrected chi connectivity index (χ1v) is 49.1. The second-order valence-corrected chi connectivity index (χ2v) is 38.7. The number of hydrogen-bond acceptors (Lipinski definition) is 28. The van der Waals surface area contributed by atoms with E-state index in [1.165, 1.54) is 11.1 Å². The van der Waals surface area contributed by atoms with E-state index >= 15 is 0 Å². The lowest BCUT2D eigenvalue weighted by Gasteiger charge is -2.25. The van der Waals surface area contributed by atoms with Crippen molar-refractivity contribution in [1.82, 2.24) is 99.6 Å². The van der Waals surface area contributed by atoms with Crippen LogP contribution in [0.25, 0.3) is 58.6 Å². The van der Waals surface area contributed by atoms with Crippen LogP contribution in [-0.4, -0.2) is 192 Å². The molecule has 6 saturated heterocycles. The van der Waals surface area contributed by atoms with Crippen molar-refractivity contribution in [2.45, 2.75) is 221 Å². The van der Waals surface area contributed by atoms with E-state index in [1.807, 2.05) is 97.1 Å². The molecule has 7 saturated carbocycles. The molecule has 38 nitrogen and oxygen atoms in total. The molecule has 16 heterocycles. The lowest BCUT2D eigenvalue weighted by molar-refractivity contribution is -0.116. The molecule has 730 valence electrons. The van der Waals surface area contributed by atoms with Crippen molar-refractivity contribution in [3.63, 3.8) is 0 Å². The highest BCUT2D eigenvalue weighted by Crippen LogP contribution is 2.39. The maximum Gasteiger partial charge on any atom is 0.251 e. The zero-order valence-corrected chi connectivity index (χ0v) is 78.9. The van der Waals surface area contributed by atoms with E-state index in [0.717, 1.165) is 196 Å². The Hall–Kier alpha value is -15.8. The van der Waals surface area contributed by atoms with E-state index in [1.54, 1.807) is 53.6 Å². The first-order chi connectivity index (χ1) is 69.1. The summed E-state index contributed by atoms with van der Waals surface area (Å²) in [6.45, 7) is 21.5. The van der Waals surface area contributed by atoms with Gasteiger partial charge in [0.25, 0.3) is 29.5 Å². The molecule has 6 aliphatic heterocycles. The number of nitrogens with zero attached hydrogens (tertiary/aromatic N) is 16. The average molecular weight is 1910 g/mol. The SMILES string of the molecule is C=C1C/C(=C\c2cnn3c(NC4CC4)cc(N4CCC[C@@H]4CO)nc23)C(=O)N1.C=C1C/C(=C\c2cnn3c(NC4CC4)cc(NC4CCC[C@@H]4O)nc23)C(=O)N1.C=C1C/C(=C\c2cnn3c(NC4CC4)cc(NC4CCC[C@@H]4O)nc23)C(=O)N1.C=C1C/C(=C\c2cnn3c(NC4CC4)cc(NCc4ccccc4)nc23)C(=O)N1.C=C1C/C(=C\c2cnn3c(NC4CC4)cc(NCc4ccccc4)nc23)C(=O)N1. The Balaban J connectivity index is 0.000000105. The normalized spacial score (nSPS) is 22.3. The van der Waals surface area contributed by atoms with Gasteiger partial charge in [0.2, 0.25) is 0 Å². The summed E-state index contributed by atoms with van der Waals surface area (Å²) in [6, 6.07) is 32.8. The summed E-state index contributed by atoms with van der Waals surface area (Å²) in [7, 11) is 0. The second-order valence-electron chi connectivity index (χ2n) is 38.7. The summed E-state index contributed by atoms with van der Waals surface area (Å²) in [5, 5.41) is 97.5. The molecule has 5 atom stereocenters. The largest absolute Gasteiger partial charge is 0.394 e. The Morgan fingerprint density at radius 2 is 0.620 bits per heavy atom. The summed E-state index contributed by atoms with van der Waals surface area (Å²) < 4.78 is 8.98. The fraction of sp³-hybridized carbons (Fsp3) is 0.356. The number of anilines is 10. The molecule has 7 aliphatic carbocycles. The zero-order chi connectivity index (χ0) is 97.3. The summed E-state index contributed by atoms with van der Waals surface area (Å²) >= 11 is 0. The maximum atomic E-state index is 12.1. The number of nitrogens with one attached hydrogen (secondary N) is 14. The van der Waals surface area contributed by atoms with Crippen LogP contribution in [0.1, 0.15) is 187 Å². The number of fused-ring (bicyclic) bond motifs is 5. The van der Waals surface area contributed by atoms with Crippen molar-refractivity contribution in [3.05, 3.63) is 250 Å². The van der Waals surface area contributed by atoms with Crippen molar-refractivity contribution < 1.29 is 39.3 Å². The Bertz CT molecular complexity index is 6840. The van der Waals surface area contributed by atoms with Crippen molar-refractivity contribution in [3.8, 4) is 0 Å². The van der Waals surface area contributed by atoms with Crippen LogP contribution in [0.3, 0.4) is 0 Å². The third-order valence-electron chi connectivity index (χ3n) is 26.8. The molecule has 25 rings (SSSR count). The molecule has 12 aromatic rings. The van der Waals surface area contributed by atoms with Crippen LogP contribution in [0, 0.1) is 0 Å². The van der Waals surface area contributed by atoms with Gasteiger partial charge in [0.05, 0.1) is 67.9 Å². The Labute approximate surface area is 818 Å². The van der Waals surface area contributed by atoms with Gasteiger partial charge in [-0.15, -0.1) is 0 Å². The second kappa shape index (κ2) is 40.2. The molecule has 10 aromatic heterocycles. The number of carbonyl (C=O) groups is 5. The maximum absolute atomic E-state index is 12.1. The fourth-order valence-corrected chi connectivity index (χ4v) is 18.6. The standard InChI is InChI=1S/2C22H22N6O.3C20H24N6O2/c2*1-14-9-16(22(29)25-14)10-17-13-24-28-20(26-18-7-8-18)11-19(27-21(17)28)23-12-15-5-3-2-4-6-15;1-12-7-13(20(28)22-12)8-14-10-21-26-18(23-15-4-5-15)9-17(24-19(14)26)25-6-2-3-16(25)11-27;2*1-11-7-12(20(28)22-11)8-13-10-21-26-18(23-14-5-6-14)9-17(25-19(13)26)24-15-3-2-4-16(15)27/h2*2-6,10-11,13,18,26H,1,7-9,12H2,(H,23,27)(H,25,29);8-10,15-16,23,27H,1-7,11H2,(H,22,28);2*8-10,14-16,23,27H,1-7H2,(H,22,28)(H,24,25)/b2*16-10+;13-8+;2*12-8+/t;;16-;2*15?,16-/m..100/s1. The molecule has 13 fully saturated rings. The molecule has 2 unspecified atom stereocenters. The number of allylic oxidation sites excluding steroid dienone is 5. The van der Waals surface area contributed by atoms with E-state index < -0.39 is 0 Å². The molecular weight excluding hydrogens is 1800 g/mol. The predicted octanol–water partition coefficient (Wildman–Crippen LogP) is 12.4. The first kappa shape index (κ1) is 92.5. The van der Waals surface area contributed by atoms with E-state index in [-0.39, 0.29) is 66.5 Å². The van der Waals surface area contributed by atoms with Gasteiger partial charge in [-0.05, 0) is 157 Å². The molecule has 17 N–H and O–H groups in total. The number of hydrogen-bond donors (Lipinski definition) is 17. The van der Waals surface area contributed by atoms with Gasteiger partial charge >= 0.3 is 0 Å². The highest BCUT2D eigenvalue weighted by atomic mass is 16.3. The zero-order valence-electron chi connectivity index (χ0n) is 78.9. The van der Waals surface area contributed by atoms with Crippen LogP contribution in [0.2, 0.25) is 0 Å². The van der Waals surface area contributed by atoms with E-state index in [9.17, 15) is 39.3 Å². The minimum atomic E-state index is -0.349. The molecule has 38 heteroatoms. The molecule has 0 bridgehead atoms. The van der Waals surface area contributed by atoms with Crippen molar-refractivity contribution in [2.24, 2.45) is 0 Å². The molecule has 2 aromatic carbocycles. The van der Waals surface area contributed by atoms with Crippen LogP contribution in [0.5, 0.6) is 0 Å². The number of aromatic nitrogens is 15. The van der Waals surface area contributed by atoms with Gasteiger partial charge < -0.3 is 94.7 Å².